The highest BCUT2D eigenvalue weighted by Gasteiger charge is 2.33. The Morgan fingerprint density at radius 2 is 1.81 bits per heavy atom. The molecule has 1 aliphatic rings. The Balaban J connectivity index is 1.96. The van der Waals surface area contributed by atoms with Crippen LogP contribution < -0.4 is 0 Å². The molecule has 1 aromatic carbocycles. The summed E-state index contributed by atoms with van der Waals surface area (Å²) in [5.41, 5.74) is 2.00. The fraction of sp³-hybridized carbons (Fsp3) is 0.684. The lowest BCUT2D eigenvalue weighted by Crippen LogP contribution is -2.38. The third-order valence-electron chi connectivity index (χ3n) is 4.95. The molecule has 1 nitrogen and oxygen atoms in total. The summed E-state index contributed by atoms with van der Waals surface area (Å²) in [6.45, 7) is 8.42. The quantitative estimate of drug-likeness (QED) is 0.562. The Morgan fingerprint density at radius 3 is 2.38 bits per heavy atom. The van der Waals surface area contributed by atoms with Crippen molar-refractivity contribution in [3.8, 4) is 0 Å². The Hall–Kier alpha value is -0.340. The molecule has 1 unspecified atom stereocenters. The number of halogens is 1. The first-order valence-corrected chi connectivity index (χ1v) is 9.68. The molecule has 0 bridgehead atoms. The van der Waals surface area contributed by atoms with E-state index < -0.39 is 0 Å². The van der Waals surface area contributed by atoms with E-state index in [2.05, 4.69) is 65.0 Å². The Labute approximate surface area is 139 Å². The molecular weight excluding hydrogens is 322 g/mol. The van der Waals surface area contributed by atoms with Crippen LogP contribution >= 0.6 is 15.9 Å². The second-order valence-corrected chi connectivity index (χ2v) is 7.33. The number of hydrogen-bond acceptors (Lipinski definition) is 1. The number of alkyl halides is 1. The second-order valence-electron chi connectivity index (χ2n) is 6.77. The number of rotatable bonds is 8. The number of benzene rings is 1. The van der Waals surface area contributed by atoms with Crippen LogP contribution in [0, 0.1) is 5.41 Å². The number of nitrogens with zero attached hydrogens (tertiary/aromatic N) is 1. The van der Waals surface area contributed by atoms with E-state index in [1.165, 1.54) is 57.3 Å². The van der Waals surface area contributed by atoms with E-state index >= 15 is 0 Å². The van der Waals surface area contributed by atoms with Crippen LogP contribution in [-0.4, -0.2) is 29.9 Å². The van der Waals surface area contributed by atoms with Crippen LogP contribution in [0.1, 0.15) is 57.4 Å². The van der Waals surface area contributed by atoms with Crippen molar-refractivity contribution >= 4 is 15.9 Å². The smallest absolute Gasteiger partial charge is 0.0100 e. The average molecular weight is 352 g/mol. The summed E-state index contributed by atoms with van der Waals surface area (Å²) in [5, 5.41) is 1.15. The molecule has 2 rings (SSSR count). The summed E-state index contributed by atoms with van der Waals surface area (Å²) >= 11 is 3.82. The lowest BCUT2D eigenvalue weighted by Gasteiger charge is -2.36. The van der Waals surface area contributed by atoms with Crippen molar-refractivity contribution in [1.29, 1.82) is 0 Å². The molecule has 1 heterocycles. The predicted molar refractivity (Wildman–Crippen MR) is 96.3 cm³/mol. The highest BCUT2D eigenvalue weighted by atomic mass is 79.9. The van der Waals surface area contributed by atoms with Crippen molar-refractivity contribution in [2.75, 3.05) is 25.0 Å². The van der Waals surface area contributed by atoms with Crippen LogP contribution in [-0.2, 0) is 0 Å². The summed E-state index contributed by atoms with van der Waals surface area (Å²) < 4.78 is 0. The molecule has 2 heteroatoms. The lowest BCUT2D eigenvalue weighted by atomic mass is 9.80. The first-order valence-electron chi connectivity index (χ1n) is 8.56. The zero-order valence-electron chi connectivity index (χ0n) is 13.7. The minimum atomic E-state index is 0.481. The molecule has 1 fully saturated rings. The van der Waals surface area contributed by atoms with E-state index in [9.17, 15) is 0 Å². The summed E-state index contributed by atoms with van der Waals surface area (Å²) in [7, 11) is 0. The van der Waals surface area contributed by atoms with E-state index in [1.807, 2.05) is 0 Å². The highest BCUT2D eigenvalue weighted by molar-refractivity contribution is 9.09. The zero-order valence-corrected chi connectivity index (χ0v) is 15.2. The first kappa shape index (κ1) is 17.0. The van der Waals surface area contributed by atoms with Crippen molar-refractivity contribution < 1.29 is 0 Å². The Kier molecular flexibility index (Phi) is 6.75. The van der Waals surface area contributed by atoms with Gasteiger partial charge >= 0.3 is 0 Å². The Bertz CT molecular complexity index is 397. The molecule has 118 valence electrons. The fourth-order valence-electron chi connectivity index (χ4n) is 3.97. The first-order chi connectivity index (χ1) is 10.2. The van der Waals surface area contributed by atoms with Crippen LogP contribution in [0.25, 0.3) is 0 Å². The lowest BCUT2D eigenvalue weighted by molar-refractivity contribution is 0.169. The fourth-order valence-corrected chi connectivity index (χ4v) is 4.71. The van der Waals surface area contributed by atoms with E-state index in [4.69, 9.17) is 0 Å². The molecular formula is C19H30BrN. The third-order valence-corrected chi connectivity index (χ3v) is 6.14. The van der Waals surface area contributed by atoms with Crippen molar-refractivity contribution in [2.45, 2.75) is 51.9 Å². The van der Waals surface area contributed by atoms with Gasteiger partial charge in [-0.15, -0.1) is 0 Å². The molecule has 1 aliphatic heterocycles. The molecule has 0 saturated carbocycles. The molecule has 0 amide bonds. The van der Waals surface area contributed by atoms with Crippen LogP contribution in [0.15, 0.2) is 30.3 Å². The van der Waals surface area contributed by atoms with Gasteiger partial charge < -0.3 is 4.90 Å². The van der Waals surface area contributed by atoms with Gasteiger partial charge in [0, 0.05) is 18.4 Å². The third kappa shape index (κ3) is 4.56. The second kappa shape index (κ2) is 8.33. The van der Waals surface area contributed by atoms with Gasteiger partial charge in [0.05, 0.1) is 0 Å². The monoisotopic (exact) mass is 351 g/mol. The normalized spacial score (nSPS) is 20.0. The van der Waals surface area contributed by atoms with Gasteiger partial charge in [0.2, 0.25) is 0 Å². The minimum Gasteiger partial charge on any atom is -0.302 e. The van der Waals surface area contributed by atoms with Gasteiger partial charge in [0.15, 0.2) is 0 Å². The van der Waals surface area contributed by atoms with Gasteiger partial charge in [-0.2, -0.15) is 0 Å². The predicted octanol–water partition coefficient (Wildman–Crippen LogP) is 5.46. The maximum atomic E-state index is 3.82. The van der Waals surface area contributed by atoms with Gasteiger partial charge in [-0.1, -0.05) is 73.0 Å². The molecule has 0 aromatic heterocycles. The van der Waals surface area contributed by atoms with E-state index in [-0.39, 0.29) is 0 Å². The molecule has 21 heavy (non-hydrogen) atoms. The molecule has 1 atom stereocenters. The van der Waals surface area contributed by atoms with Crippen molar-refractivity contribution in [2.24, 2.45) is 5.41 Å². The summed E-state index contributed by atoms with van der Waals surface area (Å²) in [5.74, 6) is 0.738. The maximum Gasteiger partial charge on any atom is 0.0100 e. The van der Waals surface area contributed by atoms with Crippen LogP contribution in [0.2, 0.25) is 0 Å². The highest BCUT2D eigenvalue weighted by Crippen LogP contribution is 2.36. The summed E-state index contributed by atoms with van der Waals surface area (Å²) in [6, 6.07) is 11.1. The average Bonchev–Trinajstić information content (AvgIpc) is 2.97. The standard InChI is InChI=1S/C19H30BrN/c1-3-11-19(15-20,12-4-2)16-21-13-10-18(14-21)17-8-6-5-7-9-17/h5-9,18H,3-4,10-16H2,1-2H3. The largest absolute Gasteiger partial charge is 0.302 e. The van der Waals surface area contributed by atoms with E-state index in [0.717, 1.165) is 11.2 Å². The van der Waals surface area contributed by atoms with E-state index in [1.54, 1.807) is 0 Å². The minimum absolute atomic E-state index is 0.481. The van der Waals surface area contributed by atoms with Gasteiger partial charge in [0.1, 0.15) is 0 Å². The van der Waals surface area contributed by atoms with Crippen molar-refractivity contribution in [3.05, 3.63) is 35.9 Å². The SMILES string of the molecule is CCCC(CBr)(CCC)CN1CCC(c2ccccc2)C1. The van der Waals surface area contributed by atoms with Crippen molar-refractivity contribution in [1.82, 2.24) is 4.90 Å². The Morgan fingerprint density at radius 1 is 1.14 bits per heavy atom. The van der Waals surface area contributed by atoms with Gasteiger partial charge in [-0.25, -0.2) is 0 Å². The van der Waals surface area contributed by atoms with Crippen LogP contribution in [0.4, 0.5) is 0 Å². The van der Waals surface area contributed by atoms with Gasteiger partial charge in [-0.3, -0.25) is 0 Å². The topological polar surface area (TPSA) is 3.24 Å². The zero-order chi connectivity index (χ0) is 15.1. The summed E-state index contributed by atoms with van der Waals surface area (Å²) in [4.78, 5) is 2.71. The van der Waals surface area contributed by atoms with Crippen LogP contribution in [0.5, 0.6) is 0 Å². The molecule has 0 aliphatic carbocycles. The molecule has 0 spiro atoms. The van der Waals surface area contributed by atoms with E-state index in [0.29, 0.717) is 5.41 Å². The maximum absolute atomic E-state index is 3.82. The molecule has 1 aromatic rings. The van der Waals surface area contributed by atoms with Crippen molar-refractivity contribution in [3.63, 3.8) is 0 Å². The number of likely N-dealkylation sites (tertiary alicyclic amines) is 1. The molecule has 0 radical (unpaired) electrons. The molecule has 1 saturated heterocycles. The van der Waals surface area contributed by atoms with Gasteiger partial charge in [0.25, 0.3) is 0 Å². The van der Waals surface area contributed by atoms with Crippen LogP contribution in [0.3, 0.4) is 0 Å². The summed E-state index contributed by atoms with van der Waals surface area (Å²) in [6.07, 6.45) is 6.60. The molecule has 0 N–H and O–H groups in total. The number of hydrogen-bond donors (Lipinski definition) is 0. The van der Waals surface area contributed by atoms with Gasteiger partial charge in [-0.05, 0) is 42.7 Å².